The number of nitrogens with two attached hydrogens (primary N) is 1. The van der Waals surface area contributed by atoms with Crippen LogP contribution in [0, 0.1) is 6.92 Å². The molecule has 3 aromatic rings. The Morgan fingerprint density at radius 2 is 2.13 bits per heavy atom. The van der Waals surface area contributed by atoms with Gasteiger partial charge in [0.05, 0.1) is 18.7 Å². The summed E-state index contributed by atoms with van der Waals surface area (Å²) in [4.78, 5) is 23.8. The monoisotopic (exact) mass is 422 g/mol. The van der Waals surface area contributed by atoms with Crippen LogP contribution in [0.5, 0.6) is 5.75 Å². The molecule has 13 heteroatoms. The van der Waals surface area contributed by atoms with Crippen LogP contribution in [-0.4, -0.2) is 54.5 Å². The van der Waals surface area contributed by atoms with Crippen LogP contribution < -0.4 is 15.8 Å². The van der Waals surface area contributed by atoms with Crippen molar-refractivity contribution >= 4 is 11.7 Å². The second-order valence-electron chi connectivity index (χ2n) is 6.63. The number of nitrogens with zero attached hydrogens (tertiary/aromatic N) is 6. The van der Waals surface area contributed by atoms with E-state index in [1.165, 1.54) is 13.1 Å². The molecule has 10 nitrogen and oxygen atoms in total. The highest BCUT2D eigenvalue weighted by molar-refractivity contribution is 5.79. The Labute approximate surface area is 167 Å². The van der Waals surface area contributed by atoms with E-state index in [2.05, 4.69) is 25.4 Å². The zero-order valence-corrected chi connectivity index (χ0v) is 15.8. The summed E-state index contributed by atoms with van der Waals surface area (Å²) in [5.74, 6) is 1.06. The molecule has 0 spiro atoms. The second-order valence-corrected chi connectivity index (χ2v) is 6.63. The van der Waals surface area contributed by atoms with Crippen LogP contribution >= 0.6 is 0 Å². The third-order valence-electron chi connectivity index (χ3n) is 4.25. The van der Waals surface area contributed by atoms with Crippen molar-refractivity contribution in [1.82, 2.24) is 29.3 Å². The highest BCUT2D eigenvalue weighted by atomic mass is 19.4. The average Bonchev–Trinajstić information content (AvgIpc) is 3.17. The third-order valence-corrected chi connectivity index (χ3v) is 4.25. The van der Waals surface area contributed by atoms with Gasteiger partial charge in [-0.1, -0.05) is 0 Å². The summed E-state index contributed by atoms with van der Waals surface area (Å²) < 4.78 is 47.0. The maximum Gasteiger partial charge on any atom is 0.408 e. The van der Waals surface area contributed by atoms with E-state index in [0.717, 1.165) is 4.68 Å². The number of carbonyl (C=O) groups is 1. The Morgan fingerprint density at radius 1 is 1.33 bits per heavy atom. The Bertz CT molecular complexity index is 1110. The summed E-state index contributed by atoms with van der Waals surface area (Å²) >= 11 is 0. The zero-order valence-electron chi connectivity index (χ0n) is 15.8. The van der Waals surface area contributed by atoms with Crippen LogP contribution in [0.15, 0.2) is 18.5 Å². The molecule has 0 bridgehead atoms. The van der Waals surface area contributed by atoms with Crippen LogP contribution in [0.2, 0.25) is 0 Å². The van der Waals surface area contributed by atoms with Gasteiger partial charge >= 0.3 is 6.18 Å². The highest BCUT2D eigenvalue weighted by Gasteiger charge is 2.31. The molecular formula is C17H17F3N8O2. The van der Waals surface area contributed by atoms with Crippen LogP contribution in [0.3, 0.4) is 0 Å². The first kappa shape index (κ1) is 19.7. The molecule has 0 radical (unpaired) electrons. The van der Waals surface area contributed by atoms with Crippen molar-refractivity contribution in [3.05, 3.63) is 24.3 Å². The topological polar surface area (TPSA) is 126 Å². The molecule has 3 aromatic heterocycles. The zero-order chi connectivity index (χ0) is 21.5. The number of hydrogen-bond acceptors (Lipinski definition) is 7. The van der Waals surface area contributed by atoms with Crippen LogP contribution in [0.1, 0.15) is 5.82 Å². The van der Waals surface area contributed by atoms with Gasteiger partial charge in [-0.25, -0.2) is 19.6 Å². The van der Waals surface area contributed by atoms with Crippen LogP contribution in [0.25, 0.3) is 22.9 Å². The van der Waals surface area contributed by atoms with Crippen LogP contribution in [0.4, 0.5) is 19.0 Å². The molecule has 0 atom stereocenters. The average molecular weight is 422 g/mol. The molecule has 0 unspecified atom stereocenters. The van der Waals surface area contributed by atoms with E-state index in [1.54, 1.807) is 16.8 Å². The number of anilines is 1. The Morgan fingerprint density at radius 3 is 2.87 bits per heavy atom. The van der Waals surface area contributed by atoms with Gasteiger partial charge in [0.2, 0.25) is 5.91 Å². The quantitative estimate of drug-likeness (QED) is 0.636. The smallest absolute Gasteiger partial charge is 0.408 e. The standard InChI is InChI=1S/C17H17F3N8O2/c1-9-24-16(28(26-9)8-17(18,19)20)11-7-27-2-3-30-12-4-14(23-6-13(21)29)22-5-10(12)15(27)25-11/h4-5,7H,2-3,6,8H2,1H3,(H2,21,29)(H,22,23). The molecule has 1 aliphatic heterocycles. The summed E-state index contributed by atoms with van der Waals surface area (Å²) in [5.41, 5.74) is 5.94. The molecular weight excluding hydrogens is 405 g/mol. The van der Waals surface area contributed by atoms with Gasteiger partial charge < -0.3 is 20.4 Å². The minimum Gasteiger partial charge on any atom is -0.491 e. The SMILES string of the molecule is Cc1nc(-c2cn3c(n2)-c2cnc(NCC(N)=O)cc2OCC3)n(CC(F)(F)F)n1. The number of alkyl halides is 3. The minimum atomic E-state index is -4.44. The lowest BCUT2D eigenvalue weighted by atomic mass is 10.2. The van der Waals surface area contributed by atoms with Crippen LogP contribution in [-0.2, 0) is 17.9 Å². The van der Waals surface area contributed by atoms with Crippen molar-refractivity contribution in [3.8, 4) is 28.7 Å². The molecule has 4 rings (SSSR count). The number of amides is 1. The van der Waals surface area contributed by atoms with Gasteiger partial charge in [0.15, 0.2) is 5.82 Å². The molecule has 30 heavy (non-hydrogen) atoms. The van der Waals surface area contributed by atoms with Crippen molar-refractivity contribution < 1.29 is 22.7 Å². The molecule has 1 amide bonds. The Kier molecular flexibility index (Phi) is 4.79. The molecule has 0 aliphatic carbocycles. The number of pyridine rings is 1. The molecule has 0 fully saturated rings. The fraction of sp³-hybridized carbons (Fsp3) is 0.353. The molecule has 158 valence electrons. The van der Waals surface area contributed by atoms with Gasteiger partial charge in [0.25, 0.3) is 0 Å². The summed E-state index contributed by atoms with van der Waals surface area (Å²) in [7, 11) is 0. The number of ether oxygens (including phenoxy) is 1. The van der Waals surface area contributed by atoms with E-state index < -0.39 is 18.6 Å². The van der Waals surface area contributed by atoms with E-state index in [-0.39, 0.29) is 23.9 Å². The lowest BCUT2D eigenvalue weighted by Crippen LogP contribution is -2.22. The largest absolute Gasteiger partial charge is 0.491 e. The molecule has 0 saturated heterocycles. The number of aryl methyl sites for hydroxylation is 1. The number of nitrogens with one attached hydrogen (secondary N) is 1. The molecule has 0 aromatic carbocycles. The maximum atomic E-state index is 12.9. The molecule has 4 heterocycles. The summed E-state index contributed by atoms with van der Waals surface area (Å²) in [6.45, 7) is 0.905. The first-order chi connectivity index (χ1) is 14.2. The van der Waals surface area contributed by atoms with Crippen molar-refractivity contribution in [3.63, 3.8) is 0 Å². The lowest BCUT2D eigenvalue weighted by molar-refractivity contribution is -0.142. The number of fused-ring (bicyclic) bond motifs is 3. The highest BCUT2D eigenvalue weighted by Crippen LogP contribution is 2.34. The molecule has 1 aliphatic rings. The van der Waals surface area contributed by atoms with Gasteiger partial charge in [-0.3, -0.25) is 4.79 Å². The van der Waals surface area contributed by atoms with Gasteiger partial charge in [-0.05, 0) is 6.92 Å². The first-order valence-corrected chi connectivity index (χ1v) is 8.91. The summed E-state index contributed by atoms with van der Waals surface area (Å²) in [5, 5.41) is 6.62. The third kappa shape index (κ3) is 4.04. The molecule has 0 saturated carbocycles. The predicted molar refractivity (Wildman–Crippen MR) is 98.4 cm³/mol. The second kappa shape index (κ2) is 7.31. The number of hydrogen-bond donors (Lipinski definition) is 2. The number of primary amides is 1. The number of rotatable bonds is 5. The Hall–Kier alpha value is -3.64. The molecule has 3 N–H and O–H groups in total. The fourth-order valence-electron chi connectivity index (χ4n) is 3.09. The van der Waals surface area contributed by atoms with E-state index in [9.17, 15) is 18.0 Å². The van der Waals surface area contributed by atoms with Gasteiger partial charge in [-0.2, -0.15) is 18.3 Å². The van der Waals surface area contributed by atoms with E-state index in [1.807, 2.05) is 0 Å². The number of halogens is 3. The minimum absolute atomic E-state index is 0.0283. The fourth-order valence-corrected chi connectivity index (χ4v) is 3.09. The van der Waals surface area contributed by atoms with Crippen molar-refractivity contribution in [2.45, 2.75) is 26.2 Å². The maximum absolute atomic E-state index is 12.9. The number of aromatic nitrogens is 6. The Balaban J connectivity index is 1.71. The number of imidazole rings is 1. The van der Waals surface area contributed by atoms with Crippen molar-refractivity contribution in [1.29, 1.82) is 0 Å². The summed E-state index contributed by atoms with van der Waals surface area (Å²) in [6, 6.07) is 1.61. The predicted octanol–water partition coefficient (Wildman–Crippen LogP) is 1.36. The van der Waals surface area contributed by atoms with E-state index in [4.69, 9.17) is 10.5 Å². The van der Waals surface area contributed by atoms with Gasteiger partial charge in [-0.15, -0.1) is 0 Å². The van der Waals surface area contributed by atoms with Gasteiger partial charge in [0, 0.05) is 18.5 Å². The lowest BCUT2D eigenvalue weighted by Gasteiger charge is -2.09. The van der Waals surface area contributed by atoms with Gasteiger partial charge in [0.1, 0.15) is 42.1 Å². The summed E-state index contributed by atoms with van der Waals surface area (Å²) in [6.07, 6.45) is -1.31. The van der Waals surface area contributed by atoms with E-state index >= 15 is 0 Å². The number of carbonyl (C=O) groups excluding carboxylic acids is 1. The van der Waals surface area contributed by atoms with Crippen molar-refractivity contribution in [2.24, 2.45) is 5.73 Å². The van der Waals surface area contributed by atoms with Crippen molar-refractivity contribution in [2.75, 3.05) is 18.5 Å². The van der Waals surface area contributed by atoms with E-state index in [0.29, 0.717) is 36.1 Å². The normalized spacial score (nSPS) is 13.2. The first-order valence-electron chi connectivity index (χ1n) is 8.91.